The van der Waals surface area contributed by atoms with Gasteiger partial charge in [0.25, 0.3) is 0 Å². The second-order valence-corrected chi connectivity index (χ2v) is 6.03. The van der Waals surface area contributed by atoms with Gasteiger partial charge in [0.15, 0.2) is 0 Å². The minimum absolute atomic E-state index is 0.131. The molecule has 1 rings (SSSR count). The van der Waals surface area contributed by atoms with Gasteiger partial charge in [-0.15, -0.1) is 0 Å². The Bertz CT molecular complexity index is 371. The highest BCUT2D eigenvalue weighted by Crippen LogP contribution is 2.18. The first-order valence-corrected chi connectivity index (χ1v) is 6.87. The topological polar surface area (TPSA) is 41.5 Å². The van der Waals surface area contributed by atoms with Crippen LogP contribution in [0.1, 0.15) is 50.8 Å². The van der Waals surface area contributed by atoms with E-state index in [4.69, 9.17) is 4.74 Å². The molecule has 3 heteroatoms. The summed E-state index contributed by atoms with van der Waals surface area (Å²) >= 11 is 0. The van der Waals surface area contributed by atoms with E-state index in [0.29, 0.717) is 19.1 Å². The summed E-state index contributed by atoms with van der Waals surface area (Å²) in [5.74, 6) is 0.518. The lowest BCUT2D eigenvalue weighted by Crippen LogP contribution is -2.45. The molecule has 1 aromatic carbocycles. The van der Waals surface area contributed by atoms with Crippen molar-refractivity contribution in [1.29, 1.82) is 0 Å². The van der Waals surface area contributed by atoms with Crippen LogP contribution in [0.25, 0.3) is 0 Å². The highest BCUT2D eigenvalue weighted by atomic mass is 16.5. The van der Waals surface area contributed by atoms with Crippen molar-refractivity contribution in [3.8, 4) is 0 Å². The fraction of sp³-hybridized carbons (Fsp3) is 0.625. The Morgan fingerprint density at radius 1 is 1.16 bits per heavy atom. The van der Waals surface area contributed by atoms with Crippen LogP contribution in [0.15, 0.2) is 24.3 Å². The fourth-order valence-corrected chi connectivity index (χ4v) is 2.01. The summed E-state index contributed by atoms with van der Waals surface area (Å²) in [7, 11) is 1.69. The number of hydrogen-bond acceptors (Lipinski definition) is 3. The number of β-amino-alcohol motifs (C(OH)–C–C–N with tert-alkyl or cyclic N) is 1. The molecule has 0 amide bonds. The summed E-state index contributed by atoms with van der Waals surface area (Å²) in [6, 6.07) is 8.18. The van der Waals surface area contributed by atoms with Gasteiger partial charge in [-0.3, -0.25) is 0 Å². The average molecular weight is 265 g/mol. The van der Waals surface area contributed by atoms with Gasteiger partial charge < -0.3 is 15.2 Å². The second-order valence-electron chi connectivity index (χ2n) is 6.03. The summed E-state index contributed by atoms with van der Waals surface area (Å²) in [5.41, 5.74) is 2.11. The standard InChI is InChI=1S/C16H27NO2/c1-12(2)13-6-8-14(9-7-13)15(18)10-17-16(3,4)11-19-5/h6-9,12,15,17-18H,10-11H2,1-5H3. The first kappa shape index (κ1) is 16.2. The largest absolute Gasteiger partial charge is 0.387 e. The van der Waals surface area contributed by atoms with Crippen molar-refractivity contribution in [2.24, 2.45) is 0 Å². The van der Waals surface area contributed by atoms with E-state index in [1.54, 1.807) is 7.11 Å². The molecule has 0 aliphatic carbocycles. The number of aliphatic hydroxyl groups is 1. The van der Waals surface area contributed by atoms with E-state index in [1.165, 1.54) is 5.56 Å². The molecule has 0 radical (unpaired) electrons. The Hall–Kier alpha value is -0.900. The molecule has 0 fully saturated rings. The Morgan fingerprint density at radius 3 is 2.16 bits per heavy atom. The van der Waals surface area contributed by atoms with Gasteiger partial charge in [-0.25, -0.2) is 0 Å². The number of benzene rings is 1. The summed E-state index contributed by atoms with van der Waals surface area (Å²) < 4.78 is 5.14. The molecule has 0 spiro atoms. The van der Waals surface area contributed by atoms with Crippen molar-refractivity contribution in [2.75, 3.05) is 20.3 Å². The predicted molar refractivity (Wildman–Crippen MR) is 79.4 cm³/mol. The summed E-state index contributed by atoms with van der Waals surface area (Å²) in [6.45, 7) is 9.60. The highest BCUT2D eigenvalue weighted by molar-refractivity contribution is 5.26. The molecule has 1 atom stereocenters. The minimum atomic E-state index is -0.489. The SMILES string of the molecule is COCC(C)(C)NCC(O)c1ccc(C(C)C)cc1. The van der Waals surface area contributed by atoms with E-state index in [1.807, 2.05) is 12.1 Å². The number of rotatable bonds is 7. The molecular formula is C16H27NO2. The average Bonchev–Trinajstić information content (AvgIpc) is 2.36. The molecule has 0 saturated heterocycles. The molecule has 1 unspecified atom stereocenters. The van der Waals surface area contributed by atoms with Crippen LogP contribution in [0.4, 0.5) is 0 Å². The van der Waals surface area contributed by atoms with Crippen molar-refractivity contribution in [3.63, 3.8) is 0 Å². The quantitative estimate of drug-likeness (QED) is 0.796. The highest BCUT2D eigenvalue weighted by Gasteiger charge is 2.18. The van der Waals surface area contributed by atoms with Crippen molar-refractivity contribution in [3.05, 3.63) is 35.4 Å². The monoisotopic (exact) mass is 265 g/mol. The normalized spacial score (nSPS) is 13.8. The maximum atomic E-state index is 10.2. The zero-order valence-corrected chi connectivity index (χ0v) is 12.7. The van der Waals surface area contributed by atoms with Crippen LogP contribution < -0.4 is 5.32 Å². The van der Waals surface area contributed by atoms with Crippen LogP contribution in [-0.2, 0) is 4.74 Å². The number of ether oxygens (including phenoxy) is 1. The Kier molecular flexibility index (Phi) is 5.98. The molecule has 1 aromatic rings. The molecule has 0 saturated carbocycles. The lowest BCUT2D eigenvalue weighted by Gasteiger charge is -2.27. The molecule has 19 heavy (non-hydrogen) atoms. The molecule has 0 aliphatic rings. The van der Waals surface area contributed by atoms with Gasteiger partial charge in [0.2, 0.25) is 0 Å². The summed E-state index contributed by atoms with van der Waals surface area (Å²) in [6.07, 6.45) is -0.489. The molecule has 0 aromatic heterocycles. The molecule has 0 aliphatic heterocycles. The van der Waals surface area contributed by atoms with E-state index >= 15 is 0 Å². The van der Waals surface area contributed by atoms with Crippen LogP contribution in [0.3, 0.4) is 0 Å². The Morgan fingerprint density at radius 2 is 1.68 bits per heavy atom. The van der Waals surface area contributed by atoms with Gasteiger partial charge >= 0.3 is 0 Å². The van der Waals surface area contributed by atoms with Gasteiger partial charge in [-0.2, -0.15) is 0 Å². The molecule has 2 N–H and O–H groups in total. The predicted octanol–water partition coefficient (Wildman–Crippen LogP) is 2.86. The van der Waals surface area contributed by atoms with Crippen molar-refractivity contribution in [2.45, 2.75) is 45.3 Å². The summed E-state index contributed by atoms with van der Waals surface area (Å²) in [4.78, 5) is 0. The first-order chi connectivity index (χ1) is 8.85. The molecule has 0 heterocycles. The Balaban J connectivity index is 2.56. The zero-order valence-electron chi connectivity index (χ0n) is 12.7. The molecule has 0 bridgehead atoms. The third-order valence-corrected chi connectivity index (χ3v) is 3.27. The van der Waals surface area contributed by atoms with E-state index in [-0.39, 0.29) is 5.54 Å². The third-order valence-electron chi connectivity index (χ3n) is 3.27. The van der Waals surface area contributed by atoms with E-state index in [0.717, 1.165) is 5.56 Å². The van der Waals surface area contributed by atoms with Gasteiger partial charge in [-0.05, 0) is 30.9 Å². The fourth-order valence-electron chi connectivity index (χ4n) is 2.01. The lowest BCUT2D eigenvalue weighted by atomic mass is 9.99. The van der Waals surface area contributed by atoms with Gasteiger partial charge in [0, 0.05) is 19.2 Å². The number of hydrogen-bond donors (Lipinski definition) is 2. The van der Waals surface area contributed by atoms with Crippen molar-refractivity contribution >= 4 is 0 Å². The number of aliphatic hydroxyl groups excluding tert-OH is 1. The Labute approximate surface area is 117 Å². The van der Waals surface area contributed by atoms with E-state index in [2.05, 4.69) is 45.1 Å². The van der Waals surface area contributed by atoms with Gasteiger partial charge in [0.05, 0.1) is 12.7 Å². The van der Waals surface area contributed by atoms with Gasteiger partial charge in [-0.1, -0.05) is 38.1 Å². The molecular weight excluding hydrogens is 238 g/mol. The van der Waals surface area contributed by atoms with Crippen LogP contribution in [-0.4, -0.2) is 30.9 Å². The van der Waals surface area contributed by atoms with Gasteiger partial charge in [0.1, 0.15) is 0 Å². The lowest BCUT2D eigenvalue weighted by molar-refractivity contribution is 0.107. The minimum Gasteiger partial charge on any atom is -0.387 e. The second kappa shape index (κ2) is 7.04. The van der Waals surface area contributed by atoms with Crippen molar-refractivity contribution in [1.82, 2.24) is 5.32 Å². The first-order valence-electron chi connectivity index (χ1n) is 6.87. The van der Waals surface area contributed by atoms with Crippen molar-refractivity contribution < 1.29 is 9.84 Å². The van der Waals surface area contributed by atoms with Crippen LogP contribution >= 0.6 is 0 Å². The van der Waals surface area contributed by atoms with Crippen LogP contribution in [0.5, 0.6) is 0 Å². The molecule has 3 nitrogen and oxygen atoms in total. The zero-order chi connectivity index (χ0) is 14.5. The maximum Gasteiger partial charge on any atom is 0.0914 e. The van der Waals surface area contributed by atoms with Crippen LogP contribution in [0.2, 0.25) is 0 Å². The molecule has 108 valence electrons. The number of nitrogens with one attached hydrogen (secondary N) is 1. The smallest absolute Gasteiger partial charge is 0.0914 e. The van der Waals surface area contributed by atoms with E-state index < -0.39 is 6.10 Å². The van der Waals surface area contributed by atoms with E-state index in [9.17, 15) is 5.11 Å². The number of methoxy groups -OCH3 is 1. The summed E-state index contributed by atoms with van der Waals surface area (Å²) in [5, 5.41) is 13.5. The van der Waals surface area contributed by atoms with Crippen LogP contribution in [0, 0.1) is 0 Å². The maximum absolute atomic E-state index is 10.2. The third kappa shape index (κ3) is 5.31.